The van der Waals surface area contributed by atoms with E-state index >= 15 is 0 Å². The summed E-state index contributed by atoms with van der Waals surface area (Å²) in [4.78, 5) is 19.5. The zero-order chi connectivity index (χ0) is 17.9. The Morgan fingerprint density at radius 3 is 1.81 bits per heavy atom. The maximum atomic E-state index is 12.6. The molecule has 4 rings (SSSR count). The minimum Gasteiger partial charge on any atom is -0.287 e. The number of nitrogens with zero attached hydrogens (tertiary/aromatic N) is 2. The van der Waals surface area contributed by atoms with Crippen LogP contribution in [-0.2, 0) is 4.79 Å². The van der Waals surface area contributed by atoms with Gasteiger partial charge in [-0.2, -0.15) is 0 Å². The van der Waals surface area contributed by atoms with Crippen molar-refractivity contribution in [2.24, 2.45) is 4.99 Å². The Hall–Kier alpha value is -3.20. The molecule has 0 saturated heterocycles. The van der Waals surface area contributed by atoms with Crippen LogP contribution in [0.4, 0.5) is 0 Å². The van der Waals surface area contributed by atoms with Crippen LogP contribution in [0.1, 0.15) is 35.7 Å². The zero-order valence-corrected chi connectivity index (χ0v) is 14.6. The number of amides is 1. The highest BCUT2D eigenvalue weighted by Gasteiger charge is 2.40. The summed E-state index contributed by atoms with van der Waals surface area (Å²) in [6.45, 7) is 1.61. The van der Waals surface area contributed by atoms with Crippen molar-refractivity contribution in [1.82, 2.24) is 4.90 Å². The maximum absolute atomic E-state index is 12.6. The topological polar surface area (TPSA) is 32.7 Å². The van der Waals surface area contributed by atoms with Crippen LogP contribution >= 0.6 is 0 Å². The highest BCUT2D eigenvalue weighted by Crippen LogP contribution is 2.43. The number of rotatable bonds is 3. The summed E-state index contributed by atoms with van der Waals surface area (Å²) in [5.74, 6) is 0.737. The Morgan fingerprint density at radius 1 is 0.769 bits per heavy atom. The molecule has 0 bridgehead atoms. The van der Waals surface area contributed by atoms with Crippen molar-refractivity contribution in [2.45, 2.75) is 19.0 Å². The summed E-state index contributed by atoms with van der Waals surface area (Å²) < 4.78 is 0. The number of benzene rings is 3. The van der Waals surface area contributed by atoms with Crippen molar-refractivity contribution in [3.8, 4) is 0 Å². The molecule has 1 aliphatic rings. The predicted octanol–water partition coefficient (Wildman–Crippen LogP) is 4.78. The first-order chi connectivity index (χ1) is 12.8. The first-order valence-corrected chi connectivity index (χ1v) is 8.78. The smallest absolute Gasteiger partial charge is 0.225 e. The van der Waals surface area contributed by atoms with E-state index in [0.29, 0.717) is 0 Å². The largest absolute Gasteiger partial charge is 0.287 e. The Bertz CT molecular complexity index is 920. The summed E-state index contributed by atoms with van der Waals surface area (Å²) in [5, 5.41) is 0. The van der Waals surface area contributed by atoms with Crippen molar-refractivity contribution in [3.05, 3.63) is 108 Å². The highest BCUT2D eigenvalue weighted by molar-refractivity contribution is 6.09. The molecule has 2 unspecified atom stereocenters. The molecule has 3 nitrogen and oxygen atoms in total. The van der Waals surface area contributed by atoms with Gasteiger partial charge in [0.1, 0.15) is 11.9 Å². The first-order valence-electron chi connectivity index (χ1n) is 8.78. The van der Waals surface area contributed by atoms with Crippen LogP contribution in [0.5, 0.6) is 0 Å². The van der Waals surface area contributed by atoms with Crippen molar-refractivity contribution in [3.63, 3.8) is 0 Å². The van der Waals surface area contributed by atoms with E-state index in [1.165, 1.54) is 0 Å². The van der Waals surface area contributed by atoms with E-state index in [1.807, 2.05) is 71.6 Å². The Morgan fingerprint density at radius 2 is 1.27 bits per heavy atom. The van der Waals surface area contributed by atoms with Gasteiger partial charge in [-0.3, -0.25) is 14.7 Å². The summed E-state index contributed by atoms with van der Waals surface area (Å²) >= 11 is 0. The highest BCUT2D eigenvalue weighted by atomic mass is 16.2. The lowest BCUT2D eigenvalue weighted by atomic mass is 9.93. The molecule has 0 saturated carbocycles. The molecule has 0 aromatic heterocycles. The second-order valence-corrected chi connectivity index (χ2v) is 6.42. The van der Waals surface area contributed by atoms with Gasteiger partial charge in [0.05, 0.1) is 6.04 Å². The van der Waals surface area contributed by atoms with E-state index in [0.717, 1.165) is 22.5 Å². The second kappa shape index (κ2) is 6.96. The van der Waals surface area contributed by atoms with Gasteiger partial charge in [0.25, 0.3) is 0 Å². The molecule has 26 heavy (non-hydrogen) atoms. The Labute approximate surface area is 153 Å². The fourth-order valence-corrected chi connectivity index (χ4v) is 3.57. The quantitative estimate of drug-likeness (QED) is 0.675. The molecule has 0 fully saturated rings. The van der Waals surface area contributed by atoms with E-state index in [4.69, 9.17) is 4.99 Å². The van der Waals surface area contributed by atoms with Crippen LogP contribution in [0.3, 0.4) is 0 Å². The predicted molar refractivity (Wildman–Crippen MR) is 104 cm³/mol. The van der Waals surface area contributed by atoms with Gasteiger partial charge >= 0.3 is 0 Å². The van der Waals surface area contributed by atoms with Gasteiger partial charge < -0.3 is 0 Å². The lowest BCUT2D eigenvalue weighted by Crippen LogP contribution is -2.36. The van der Waals surface area contributed by atoms with Gasteiger partial charge in [-0.05, 0) is 11.1 Å². The third-order valence-electron chi connectivity index (χ3n) is 4.72. The molecule has 0 radical (unpaired) electrons. The fraction of sp³-hybridized carbons (Fsp3) is 0.130. The number of hydrogen-bond donors (Lipinski definition) is 0. The monoisotopic (exact) mass is 340 g/mol. The SMILES string of the molecule is CC(=O)N1C(c2ccccc2)=NC(c2ccccc2)C1c1ccccc1. The van der Waals surface area contributed by atoms with Gasteiger partial charge in [-0.15, -0.1) is 0 Å². The molecule has 0 N–H and O–H groups in total. The van der Waals surface area contributed by atoms with E-state index in [-0.39, 0.29) is 18.0 Å². The first kappa shape index (κ1) is 16.3. The molecule has 3 aromatic carbocycles. The van der Waals surface area contributed by atoms with E-state index in [9.17, 15) is 4.79 Å². The average molecular weight is 340 g/mol. The standard InChI is InChI=1S/C23H20N2O/c1-17(26)25-22(19-13-7-3-8-14-19)21(18-11-5-2-6-12-18)24-23(25)20-15-9-4-10-16-20/h2-16,21-22H,1H3. The summed E-state index contributed by atoms with van der Waals surface area (Å²) in [5.41, 5.74) is 3.16. The lowest BCUT2D eigenvalue weighted by molar-refractivity contribution is -0.126. The molecule has 3 aromatic rings. The van der Waals surface area contributed by atoms with Gasteiger partial charge in [0.15, 0.2) is 0 Å². The molecule has 2 atom stereocenters. The minimum absolute atomic E-state index is 0.000104. The number of aliphatic imine (C=N–C) groups is 1. The van der Waals surface area contributed by atoms with Gasteiger partial charge in [-0.25, -0.2) is 0 Å². The van der Waals surface area contributed by atoms with Crippen LogP contribution in [0.15, 0.2) is 96.0 Å². The Kier molecular flexibility index (Phi) is 4.36. The van der Waals surface area contributed by atoms with Gasteiger partial charge in [-0.1, -0.05) is 91.0 Å². The summed E-state index contributed by atoms with van der Waals surface area (Å²) in [7, 11) is 0. The Balaban J connectivity index is 1.88. The molecule has 1 aliphatic heterocycles. The minimum atomic E-state index is -0.147. The van der Waals surface area contributed by atoms with E-state index in [1.54, 1.807) is 6.92 Å². The van der Waals surface area contributed by atoms with Crippen LogP contribution in [0.25, 0.3) is 0 Å². The molecular formula is C23H20N2O. The van der Waals surface area contributed by atoms with E-state index < -0.39 is 0 Å². The lowest BCUT2D eigenvalue weighted by Gasteiger charge is -2.28. The molecule has 0 spiro atoms. The van der Waals surface area contributed by atoms with Gasteiger partial charge in [0, 0.05) is 12.5 Å². The third-order valence-corrected chi connectivity index (χ3v) is 4.72. The van der Waals surface area contributed by atoms with Crippen LogP contribution in [-0.4, -0.2) is 16.6 Å². The number of carbonyl (C=O) groups excluding carboxylic acids is 1. The van der Waals surface area contributed by atoms with Crippen molar-refractivity contribution in [1.29, 1.82) is 0 Å². The van der Waals surface area contributed by atoms with Crippen molar-refractivity contribution >= 4 is 11.7 Å². The normalized spacial score (nSPS) is 19.3. The van der Waals surface area contributed by atoms with Gasteiger partial charge in [0.2, 0.25) is 5.91 Å². The molecule has 128 valence electrons. The fourth-order valence-electron chi connectivity index (χ4n) is 3.57. The summed E-state index contributed by atoms with van der Waals surface area (Å²) in [6, 6.07) is 30.0. The third kappa shape index (κ3) is 2.92. The maximum Gasteiger partial charge on any atom is 0.225 e. The van der Waals surface area contributed by atoms with Crippen LogP contribution < -0.4 is 0 Å². The summed E-state index contributed by atoms with van der Waals surface area (Å²) in [6.07, 6.45) is 0. The molecule has 0 aliphatic carbocycles. The molecule has 1 heterocycles. The number of carbonyl (C=O) groups is 1. The van der Waals surface area contributed by atoms with Crippen LogP contribution in [0, 0.1) is 0 Å². The average Bonchev–Trinajstić information content (AvgIpc) is 3.11. The number of amidine groups is 1. The van der Waals surface area contributed by atoms with Crippen molar-refractivity contribution in [2.75, 3.05) is 0 Å². The van der Waals surface area contributed by atoms with E-state index in [2.05, 4.69) is 24.3 Å². The van der Waals surface area contributed by atoms with Crippen LogP contribution in [0.2, 0.25) is 0 Å². The molecular weight excluding hydrogens is 320 g/mol. The number of hydrogen-bond acceptors (Lipinski definition) is 2. The zero-order valence-electron chi connectivity index (χ0n) is 14.6. The second-order valence-electron chi connectivity index (χ2n) is 6.42. The van der Waals surface area contributed by atoms with Crippen molar-refractivity contribution < 1.29 is 4.79 Å². The molecule has 1 amide bonds. The molecule has 3 heteroatoms.